The first kappa shape index (κ1) is 26.7. The third-order valence-electron chi connectivity index (χ3n) is 6.85. The predicted octanol–water partition coefficient (Wildman–Crippen LogP) is 5.74. The van der Waals surface area contributed by atoms with Crippen LogP contribution in [-0.4, -0.2) is 27.5 Å². The quantitative estimate of drug-likeness (QED) is 0.370. The third kappa shape index (κ3) is 6.16. The van der Waals surface area contributed by atoms with E-state index in [4.69, 9.17) is 4.74 Å². The fourth-order valence-electron chi connectivity index (χ4n) is 4.84. The van der Waals surface area contributed by atoms with Crippen molar-refractivity contribution in [1.82, 2.24) is 5.32 Å². The molecule has 6 nitrogen and oxygen atoms in total. The van der Waals surface area contributed by atoms with Crippen molar-refractivity contribution in [3.05, 3.63) is 89.0 Å². The zero-order chi connectivity index (χ0) is 26.4. The molecule has 1 aliphatic rings. The van der Waals surface area contributed by atoms with Crippen LogP contribution in [0.15, 0.2) is 71.6 Å². The van der Waals surface area contributed by atoms with Crippen LogP contribution in [0.1, 0.15) is 61.4 Å². The SMILES string of the molecule is CCOc1ccccc1N(CC(=O)NC(CC)c1ccc2c(c1)CCCC2)S(=O)(=O)c1ccc(C)cc1. The maximum Gasteiger partial charge on any atom is 0.264 e. The number of amides is 1. The van der Waals surface area contributed by atoms with Crippen LogP contribution >= 0.6 is 0 Å². The number of ether oxygens (including phenoxy) is 1. The Morgan fingerprint density at radius 1 is 0.973 bits per heavy atom. The van der Waals surface area contributed by atoms with E-state index in [9.17, 15) is 13.2 Å². The van der Waals surface area contributed by atoms with Crippen LogP contribution in [0.25, 0.3) is 0 Å². The molecule has 1 amide bonds. The van der Waals surface area contributed by atoms with E-state index in [1.165, 1.54) is 24.0 Å². The van der Waals surface area contributed by atoms with Crippen LogP contribution in [-0.2, 0) is 27.7 Å². The first-order chi connectivity index (χ1) is 17.8. The molecule has 3 aromatic carbocycles. The highest BCUT2D eigenvalue weighted by Gasteiger charge is 2.30. The number of para-hydroxylation sites is 2. The second-order valence-electron chi connectivity index (χ2n) is 9.49. The van der Waals surface area contributed by atoms with Gasteiger partial charge in [0.05, 0.1) is 23.2 Å². The van der Waals surface area contributed by atoms with Crippen LogP contribution in [0.2, 0.25) is 0 Å². The lowest BCUT2D eigenvalue weighted by Crippen LogP contribution is -2.42. The van der Waals surface area contributed by atoms with Gasteiger partial charge in [0.1, 0.15) is 12.3 Å². The number of hydrogen-bond acceptors (Lipinski definition) is 4. The van der Waals surface area contributed by atoms with E-state index in [-0.39, 0.29) is 23.4 Å². The summed E-state index contributed by atoms with van der Waals surface area (Å²) >= 11 is 0. The molecular weight excluding hydrogens is 484 g/mol. The summed E-state index contributed by atoms with van der Waals surface area (Å²) in [4.78, 5) is 13.5. The van der Waals surface area contributed by atoms with E-state index in [1.807, 2.05) is 20.8 Å². The standard InChI is InChI=1S/C30H36N2O4S/c1-4-27(25-17-16-23-10-6-7-11-24(23)20-25)31-30(33)21-32(28-12-8-9-13-29(28)36-5-2)37(34,35)26-18-14-22(3)15-19-26/h8-9,12-20,27H,4-7,10-11,21H2,1-3H3,(H,31,33). The summed E-state index contributed by atoms with van der Waals surface area (Å²) in [5.41, 5.74) is 5.08. The lowest BCUT2D eigenvalue weighted by atomic mass is 9.89. The number of carbonyl (C=O) groups excluding carboxylic acids is 1. The van der Waals surface area contributed by atoms with Gasteiger partial charge >= 0.3 is 0 Å². The molecule has 0 saturated carbocycles. The Morgan fingerprint density at radius 2 is 1.68 bits per heavy atom. The maximum absolute atomic E-state index is 13.8. The number of benzene rings is 3. The second kappa shape index (κ2) is 11.8. The Balaban J connectivity index is 1.64. The highest BCUT2D eigenvalue weighted by Crippen LogP contribution is 2.33. The fourth-order valence-corrected chi connectivity index (χ4v) is 6.27. The topological polar surface area (TPSA) is 75.7 Å². The number of rotatable bonds is 10. The van der Waals surface area contributed by atoms with Gasteiger partial charge in [0.15, 0.2) is 0 Å². The molecule has 0 aromatic heterocycles. The Labute approximate surface area is 220 Å². The number of sulfonamides is 1. The van der Waals surface area contributed by atoms with Crippen LogP contribution in [0.5, 0.6) is 5.75 Å². The third-order valence-corrected chi connectivity index (χ3v) is 8.62. The van der Waals surface area contributed by atoms with Crippen molar-refractivity contribution in [2.75, 3.05) is 17.5 Å². The number of carbonyl (C=O) groups is 1. The summed E-state index contributed by atoms with van der Waals surface area (Å²) in [6.07, 6.45) is 5.26. The van der Waals surface area contributed by atoms with Gasteiger partial charge in [0, 0.05) is 0 Å². The van der Waals surface area contributed by atoms with E-state index in [2.05, 4.69) is 23.5 Å². The summed E-state index contributed by atoms with van der Waals surface area (Å²) in [6.45, 7) is 5.78. The summed E-state index contributed by atoms with van der Waals surface area (Å²) in [6, 6.07) is 19.8. The molecule has 4 rings (SSSR count). The molecule has 1 unspecified atom stereocenters. The van der Waals surface area contributed by atoms with E-state index >= 15 is 0 Å². The van der Waals surface area contributed by atoms with Gasteiger partial charge in [-0.3, -0.25) is 9.10 Å². The van der Waals surface area contributed by atoms with Gasteiger partial charge in [-0.05, 0) is 86.9 Å². The van der Waals surface area contributed by atoms with Crippen LogP contribution in [0, 0.1) is 6.92 Å². The lowest BCUT2D eigenvalue weighted by Gasteiger charge is -2.27. The summed E-state index contributed by atoms with van der Waals surface area (Å²) in [5.74, 6) is 0.0433. The molecule has 37 heavy (non-hydrogen) atoms. The smallest absolute Gasteiger partial charge is 0.264 e. The van der Waals surface area contributed by atoms with Gasteiger partial charge < -0.3 is 10.1 Å². The maximum atomic E-state index is 13.8. The highest BCUT2D eigenvalue weighted by atomic mass is 32.2. The lowest BCUT2D eigenvalue weighted by molar-refractivity contribution is -0.120. The van der Waals surface area contributed by atoms with Crippen molar-refractivity contribution >= 4 is 21.6 Å². The van der Waals surface area contributed by atoms with Crippen LogP contribution < -0.4 is 14.4 Å². The molecule has 0 bridgehead atoms. The van der Waals surface area contributed by atoms with Gasteiger partial charge in [-0.25, -0.2) is 8.42 Å². The van der Waals surface area contributed by atoms with Crippen molar-refractivity contribution in [2.24, 2.45) is 0 Å². The van der Waals surface area contributed by atoms with Crippen molar-refractivity contribution in [3.63, 3.8) is 0 Å². The van der Waals surface area contributed by atoms with Crippen LogP contribution in [0.4, 0.5) is 5.69 Å². The van der Waals surface area contributed by atoms with Crippen LogP contribution in [0.3, 0.4) is 0 Å². The first-order valence-electron chi connectivity index (χ1n) is 13.1. The second-order valence-corrected chi connectivity index (χ2v) is 11.4. The monoisotopic (exact) mass is 520 g/mol. The Kier molecular flexibility index (Phi) is 8.54. The molecule has 1 aliphatic carbocycles. The minimum absolute atomic E-state index is 0.124. The average molecular weight is 521 g/mol. The van der Waals surface area contributed by atoms with Crippen molar-refractivity contribution in [1.29, 1.82) is 0 Å². The van der Waals surface area contributed by atoms with E-state index in [0.717, 1.165) is 28.3 Å². The van der Waals surface area contributed by atoms with Gasteiger partial charge in [0.25, 0.3) is 10.0 Å². The minimum Gasteiger partial charge on any atom is -0.492 e. The number of hydrogen-bond donors (Lipinski definition) is 1. The van der Waals surface area contributed by atoms with Gasteiger partial charge in [0.2, 0.25) is 5.91 Å². The van der Waals surface area contributed by atoms with E-state index in [0.29, 0.717) is 24.5 Å². The largest absolute Gasteiger partial charge is 0.492 e. The number of nitrogens with zero attached hydrogens (tertiary/aromatic N) is 1. The zero-order valence-electron chi connectivity index (χ0n) is 21.9. The first-order valence-corrected chi connectivity index (χ1v) is 14.5. The molecule has 7 heteroatoms. The summed E-state index contributed by atoms with van der Waals surface area (Å²) in [5, 5.41) is 3.09. The molecule has 0 heterocycles. The minimum atomic E-state index is -4.03. The highest BCUT2D eigenvalue weighted by molar-refractivity contribution is 7.92. The Bertz CT molecular complexity index is 1340. The van der Waals surface area contributed by atoms with E-state index < -0.39 is 10.0 Å². The molecule has 196 valence electrons. The van der Waals surface area contributed by atoms with Gasteiger partial charge in [-0.1, -0.05) is 55.0 Å². The molecule has 0 aliphatic heterocycles. The molecule has 0 spiro atoms. The molecule has 1 N–H and O–H groups in total. The molecule has 1 atom stereocenters. The van der Waals surface area contributed by atoms with Crippen molar-refractivity contribution < 1.29 is 17.9 Å². The molecule has 0 saturated heterocycles. The summed E-state index contributed by atoms with van der Waals surface area (Å²) < 4.78 is 34.5. The predicted molar refractivity (Wildman–Crippen MR) is 148 cm³/mol. The molecule has 0 radical (unpaired) electrons. The van der Waals surface area contributed by atoms with Crippen molar-refractivity contribution in [3.8, 4) is 5.75 Å². The van der Waals surface area contributed by atoms with Gasteiger partial charge in [-0.2, -0.15) is 0 Å². The zero-order valence-corrected chi connectivity index (χ0v) is 22.7. The van der Waals surface area contributed by atoms with E-state index in [1.54, 1.807) is 48.5 Å². The number of fused-ring (bicyclic) bond motifs is 1. The fraction of sp³-hybridized carbons (Fsp3) is 0.367. The number of anilines is 1. The molecule has 3 aromatic rings. The normalized spacial score (nSPS) is 13.9. The van der Waals surface area contributed by atoms with Gasteiger partial charge in [-0.15, -0.1) is 0 Å². The Hall–Kier alpha value is -3.32. The average Bonchev–Trinajstić information content (AvgIpc) is 2.91. The number of aryl methyl sites for hydroxylation is 3. The molecule has 0 fully saturated rings. The molecular formula is C30H36N2O4S. The Morgan fingerprint density at radius 3 is 2.38 bits per heavy atom. The van der Waals surface area contributed by atoms with Crippen molar-refractivity contribution in [2.45, 2.75) is 63.8 Å². The summed E-state index contributed by atoms with van der Waals surface area (Å²) in [7, 11) is -4.03. The number of nitrogens with one attached hydrogen (secondary N) is 1.